The van der Waals surface area contributed by atoms with Gasteiger partial charge < -0.3 is 29.2 Å². The molecular formula is C14H26O8. The lowest BCUT2D eigenvalue weighted by molar-refractivity contribution is -0.199. The largest absolute Gasteiger partial charge is 0.386 e. The summed E-state index contributed by atoms with van der Waals surface area (Å²) < 4.78 is 20.4. The number of ketones is 2. The highest BCUT2D eigenvalue weighted by Gasteiger charge is 2.50. The zero-order chi connectivity index (χ0) is 17.5. The topological polar surface area (TPSA) is 112 Å². The van der Waals surface area contributed by atoms with Gasteiger partial charge in [-0.2, -0.15) is 0 Å². The number of carbonyl (C=O) groups excluding carboxylic acids is 2. The number of methoxy groups -OCH3 is 4. The van der Waals surface area contributed by atoms with E-state index >= 15 is 0 Å². The molecule has 0 aliphatic rings. The van der Waals surface area contributed by atoms with Crippen molar-refractivity contribution in [3.05, 3.63) is 0 Å². The van der Waals surface area contributed by atoms with E-state index < -0.39 is 41.6 Å². The molecule has 130 valence electrons. The highest BCUT2D eigenvalue weighted by molar-refractivity contribution is 5.88. The van der Waals surface area contributed by atoms with Gasteiger partial charge in [0.25, 0.3) is 0 Å². The van der Waals surface area contributed by atoms with Gasteiger partial charge in [0.15, 0.2) is 17.2 Å². The lowest BCUT2D eigenvalue weighted by atomic mass is 9.85. The lowest BCUT2D eigenvalue weighted by Crippen LogP contribution is -2.62. The summed E-state index contributed by atoms with van der Waals surface area (Å²) in [6.45, 7) is 2.12. The Bertz CT molecular complexity index is 370. The number of hydrogen-bond donors (Lipinski definition) is 2. The predicted octanol–water partition coefficient (Wildman–Crippen LogP) is -1.05. The molecule has 0 bridgehead atoms. The third-order valence-corrected chi connectivity index (χ3v) is 3.51. The average molecular weight is 322 g/mol. The normalized spacial score (nSPS) is 19.8. The summed E-state index contributed by atoms with van der Waals surface area (Å²) in [7, 11) is 5.12. The fourth-order valence-corrected chi connectivity index (χ4v) is 2.26. The first-order valence-electron chi connectivity index (χ1n) is 6.73. The second kappa shape index (κ2) is 9.29. The predicted molar refractivity (Wildman–Crippen MR) is 76.6 cm³/mol. The van der Waals surface area contributed by atoms with Crippen LogP contribution < -0.4 is 0 Å². The van der Waals surface area contributed by atoms with Crippen molar-refractivity contribution >= 4 is 11.6 Å². The van der Waals surface area contributed by atoms with Gasteiger partial charge in [-0.25, -0.2) is 0 Å². The molecule has 0 rings (SSSR count). The molecule has 0 heterocycles. The Kier molecular flexibility index (Phi) is 8.91. The van der Waals surface area contributed by atoms with E-state index in [2.05, 4.69) is 0 Å². The fraction of sp³-hybridized carbons (Fsp3) is 0.857. The quantitative estimate of drug-likeness (QED) is 0.495. The molecule has 0 aromatic carbocycles. The molecule has 0 aliphatic carbocycles. The Labute approximate surface area is 130 Å². The number of aliphatic hydroxyl groups excluding tert-OH is 1. The lowest BCUT2D eigenvalue weighted by Gasteiger charge is -2.39. The maximum absolute atomic E-state index is 12.0. The first kappa shape index (κ1) is 21.1. The molecule has 0 radical (unpaired) electrons. The van der Waals surface area contributed by atoms with Crippen LogP contribution in [-0.4, -0.2) is 86.8 Å². The molecule has 22 heavy (non-hydrogen) atoms. The summed E-state index contributed by atoms with van der Waals surface area (Å²) in [5, 5.41) is 20.1. The summed E-state index contributed by atoms with van der Waals surface area (Å²) in [5.74, 6) is -1.26. The van der Waals surface area contributed by atoms with Crippen LogP contribution in [-0.2, 0) is 28.5 Å². The summed E-state index contributed by atoms with van der Waals surface area (Å²) in [4.78, 5) is 23.9. The summed E-state index contributed by atoms with van der Waals surface area (Å²) in [5.41, 5.74) is -2.03. The van der Waals surface area contributed by atoms with E-state index in [4.69, 9.17) is 18.9 Å². The number of hydrogen-bond acceptors (Lipinski definition) is 8. The van der Waals surface area contributed by atoms with Crippen LogP contribution in [0.15, 0.2) is 0 Å². The van der Waals surface area contributed by atoms with Gasteiger partial charge in [0.2, 0.25) is 0 Å². The van der Waals surface area contributed by atoms with Crippen molar-refractivity contribution in [3.63, 3.8) is 0 Å². The molecular weight excluding hydrogens is 296 g/mol. The fourth-order valence-electron chi connectivity index (χ4n) is 2.26. The molecule has 0 saturated heterocycles. The summed E-state index contributed by atoms with van der Waals surface area (Å²) >= 11 is 0. The van der Waals surface area contributed by atoms with Crippen molar-refractivity contribution in [1.29, 1.82) is 0 Å². The van der Waals surface area contributed by atoms with E-state index in [1.54, 1.807) is 0 Å². The molecule has 0 amide bonds. The minimum absolute atomic E-state index is 0.347. The Morgan fingerprint density at radius 3 is 1.91 bits per heavy atom. The minimum Gasteiger partial charge on any atom is -0.386 e. The van der Waals surface area contributed by atoms with Crippen LogP contribution in [0.25, 0.3) is 0 Å². The van der Waals surface area contributed by atoms with Gasteiger partial charge in [-0.1, -0.05) is 0 Å². The summed E-state index contributed by atoms with van der Waals surface area (Å²) in [6.07, 6.45) is -4.88. The summed E-state index contributed by atoms with van der Waals surface area (Å²) in [6, 6.07) is 0. The second-order valence-electron chi connectivity index (χ2n) is 5.00. The van der Waals surface area contributed by atoms with Gasteiger partial charge in [0.05, 0.1) is 6.61 Å². The Balaban J connectivity index is 5.71. The van der Waals surface area contributed by atoms with Crippen molar-refractivity contribution in [2.45, 2.75) is 43.9 Å². The minimum atomic E-state index is -2.03. The van der Waals surface area contributed by atoms with Crippen LogP contribution in [0.1, 0.15) is 13.8 Å². The third-order valence-electron chi connectivity index (χ3n) is 3.51. The van der Waals surface area contributed by atoms with Gasteiger partial charge in [0, 0.05) is 28.4 Å². The van der Waals surface area contributed by atoms with Gasteiger partial charge in [0.1, 0.15) is 24.4 Å². The second-order valence-corrected chi connectivity index (χ2v) is 5.00. The first-order chi connectivity index (χ1) is 10.2. The maximum atomic E-state index is 12.0. The molecule has 0 aromatic rings. The van der Waals surface area contributed by atoms with Crippen LogP contribution >= 0.6 is 0 Å². The van der Waals surface area contributed by atoms with Crippen LogP contribution in [0.4, 0.5) is 0 Å². The van der Waals surface area contributed by atoms with Crippen molar-refractivity contribution in [3.8, 4) is 0 Å². The highest BCUT2D eigenvalue weighted by atomic mass is 16.6. The number of Topliss-reactive ketones (excluding diaryl/α,β-unsaturated/α-hetero) is 2. The van der Waals surface area contributed by atoms with Gasteiger partial charge in [-0.05, 0) is 13.8 Å². The number of ether oxygens (including phenoxy) is 4. The number of aliphatic hydroxyl groups is 2. The van der Waals surface area contributed by atoms with Crippen LogP contribution in [0, 0.1) is 0 Å². The highest BCUT2D eigenvalue weighted by Crippen LogP contribution is 2.24. The SMILES string of the molecule is COCC(O)(C(C)=O)C(OC)C(OC)C(OC)C(=O)C(C)O. The Morgan fingerprint density at radius 2 is 1.64 bits per heavy atom. The third kappa shape index (κ3) is 4.55. The van der Waals surface area contributed by atoms with E-state index in [0.29, 0.717) is 0 Å². The molecule has 5 atom stereocenters. The molecule has 8 heteroatoms. The van der Waals surface area contributed by atoms with E-state index in [9.17, 15) is 19.8 Å². The molecule has 5 unspecified atom stereocenters. The van der Waals surface area contributed by atoms with Crippen molar-refractivity contribution < 1.29 is 38.7 Å². The maximum Gasteiger partial charge on any atom is 0.192 e. The average Bonchev–Trinajstić information content (AvgIpc) is 2.46. The zero-order valence-corrected chi connectivity index (χ0v) is 13.9. The smallest absolute Gasteiger partial charge is 0.192 e. The van der Waals surface area contributed by atoms with E-state index in [1.807, 2.05) is 0 Å². The van der Waals surface area contributed by atoms with E-state index in [-0.39, 0.29) is 6.61 Å². The van der Waals surface area contributed by atoms with Gasteiger partial charge >= 0.3 is 0 Å². The van der Waals surface area contributed by atoms with Gasteiger partial charge in [-0.3, -0.25) is 9.59 Å². The molecule has 0 saturated carbocycles. The molecule has 0 fully saturated rings. The van der Waals surface area contributed by atoms with Crippen LogP contribution in [0.5, 0.6) is 0 Å². The Hall–Kier alpha value is -0.900. The van der Waals surface area contributed by atoms with E-state index in [0.717, 1.165) is 0 Å². The number of carbonyl (C=O) groups is 2. The molecule has 0 aliphatic heterocycles. The first-order valence-corrected chi connectivity index (χ1v) is 6.73. The van der Waals surface area contributed by atoms with Crippen LogP contribution in [0.3, 0.4) is 0 Å². The van der Waals surface area contributed by atoms with E-state index in [1.165, 1.54) is 42.3 Å². The number of rotatable bonds is 11. The monoisotopic (exact) mass is 322 g/mol. The van der Waals surface area contributed by atoms with Crippen molar-refractivity contribution in [2.75, 3.05) is 35.0 Å². The zero-order valence-electron chi connectivity index (χ0n) is 13.9. The van der Waals surface area contributed by atoms with Gasteiger partial charge in [-0.15, -0.1) is 0 Å². The molecule has 8 nitrogen and oxygen atoms in total. The van der Waals surface area contributed by atoms with Crippen molar-refractivity contribution in [2.24, 2.45) is 0 Å². The molecule has 0 spiro atoms. The molecule has 2 N–H and O–H groups in total. The Morgan fingerprint density at radius 1 is 1.09 bits per heavy atom. The van der Waals surface area contributed by atoms with Crippen LogP contribution in [0.2, 0.25) is 0 Å². The molecule has 0 aromatic heterocycles. The standard InChI is InChI=1S/C14H26O8/c1-8(15)10(17)11(20-4)12(21-5)13(22-6)14(18,7-19-3)9(2)16/h8,11-13,15,18H,7H2,1-6H3. The van der Waals surface area contributed by atoms with Crippen molar-refractivity contribution in [1.82, 2.24) is 0 Å².